The SMILES string of the molecule is [2H]C([2H])([2H])c1cccc2nc(-c3cccc4c3oc3cc(C#N)c5oc(C(C)(C)C)nc5c34)n(-c3c(C(C)C)cc(-c4ccccc4)cc3C(C)C)c12. The number of aromatic nitrogens is 3. The minimum atomic E-state index is -2.41. The fourth-order valence-electron chi connectivity index (χ4n) is 7.07. The number of para-hydroxylation sites is 2. The summed E-state index contributed by atoms with van der Waals surface area (Å²) in [4.78, 5) is 10.2. The number of fused-ring (bicyclic) bond motifs is 6. The maximum atomic E-state index is 10.1. The van der Waals surface area contributed by atoms with E-state index < -0.39 is 6.85 Å². The van der Waals surface area contributed by atoms with Gasteiger partial charge < -0.3 is 8.83 Å². The summed E-state index contributed by atoms with van der Waals surface area (Å²) in [6.07, 6.45) is 0. The van der Waals surface area contributed by atoms with Crippen LogP contribution in [0.4, 0.5) is 0 Å². The van der Waals surface area contributed by atoms with E-state index in [4.69, 9.17) is 22.9 Å². The topological polar surface area (TPSA) is 80.8 Å². The number of nitriles is 1. The second-order valence-electron chi connectivity index (χ2n) is 14.8. The van der Waals surface area contributed by atoms with Crippen molar-refractivity contribution in [3.8, 4) is 34.3 Å². The molecule has 0 fully saturated rings. The van der Waals surface area contributed by atoms with Crippen molar-refractivity contribution in [3.63, 3.8) is 0 Å². The number of benzene rings is 5. The lowest BCUT2D eigenvalue weighted by Crippen LogP contribution is -2.10. The molecule has 248 valence electrons. The first-order valence-corrected chi connectivity index (χ1v) is 17.1. The number of imidazole rings is 1. The molecule has 0 spiro atoms. The number of aryl methyl sites for hydroxylation is 1. The van der Waals surface area contributed by atoms with Crippen LogP contribution in [0.3, 0.4) is 0 Å². The van der Waals surface area contributed by atoms with Gasteiger partial charge in [0.15, 0.2) is 5.58 Å². The molecule has 50 heavy (non-hydrogen) atoms. The van der Waals surface area contributed by atoms with E-state index in [1.54, 1.807) is 18.2 Å². The van der Waals surface area contributed by atoms with Gasteiger partial charge >= 0.3 is 0 Å². The molecule has 0 aliphatic rings. The Morgan fingerprint density at radius 1 is 0.800 bits per heavy atom. The van der Waals surface area contributed by atoms with Crippen molar-refractivity contribution < 1.29 is 12.9 Å². The second-order valence-corrected chi connectivity index (χ2v) is 14.8. The number of furan rings is 1. The van der Waals surface area contributed by atoms with Gasteiger partial charge in [-0.3, -0.25) is 4.57 Å². The number of hydrogen-bond donors (Lipinski definition) is 0. The first-order chi connectivity index (χ1) is 25.2. The maximum absolute atomic E-state index is 10.1. The Hall–Kier alpha value is -5.67. The Labute approximate surface area is 296 Å². The van der Waals surface area contributed by atoms with Crippen LogP contribution in [0.25, 0.3) is 72.3 Å². The predicted octanol–water partition coefficient (Wildman–Crippen LogP) is 12.1. The normalized spacial score (nSPS) is 13.5. The molecular weight excluding hydrogens is 617 g/mol. The summed E-state index contributed by atoms with van der Waals surface area (Å²) in [7, 11) is 0. The van der Waals surface area contributed by atoms with Gasteiger partial charge in [-0.2, -0.15) is 5.26 Å². The molecule has 0 saturated carbocycles. The van der Waals surface area contributed by atoms with Crippen molar-refractivity contribution >= 4 is 44.1 Å². The fraction of sp³-hybridized carbons (Fsp3) is 0.250. The third-order valence-corrected chi connectivity index (χ3v) is 9.55. The third kappa shape index (κ3) is 4.83. The van der Waals surface area contributed by atoms with E-state index in [1.165, 1.54) is 0 Å². The van der Waals surface area contributed by atoms with E-state index in [0.717, 1.165) is 38.7 Å². The van der Waals surface area contributed by atoms with Crippen LogP contribution in [0, 0.1) is 18.2 Å². The minimum Gasteiger partial charge on any atom is -0.455 e. The Morgan fingerprint density at radius 2 is 1.52 bits per heavy atom. The zero-order valence-corrected chi connectivity index (χ0v) is 29.3. The number of hydrogen-bond acceptors (Lipinski definition) is 5. The Kier molecular flexibility index (Phi) is 6.46. The summed E-state index contributed by atoms with van der Waals surface area (Å²) in [6.45, 7) is 12.3. The van der Waals surface area contributed by atoms with Crippen molar-refractivity contribution in [3.05, 3.63) is 113 Å². The Morgan fingerprint density at radius 3 is 2.18 bits per heavy atom. The van der Waals surface area contributed by atoms with E-state index in [-0.39, 0.29) is 22.8 Å². The van der Waals surface area contributed by atoms with Crippen LogP contribution >= 0.6 is 0 Å². The number of nitrogens with zero attached hydrogens (tertiary/aromatic N) is 4. The van der Waals surface area contributed by atoms with E-state index >= 15 is 0 Å². The van der Waals surface area contributed by atoms with E-state index in [1.807, 2.05) is 63.2 Å². The third-order valence-electron chi connectivity index (χ3n) is 9.55. The largest absolute Gasteiger partial charge is 0.455 e. The van der Waals surface area contributed by atoms with Gasteiger partial charge in [0.2, 0.25) is 5.89 Å². The van der Waals surface area contributed by atoms with Gasteiger partial charge in [-0.25, -0.2) is 9.97 Å². The molecule has 0 bridgehead atoms. The van der Waals surface area contributed by atoms with Crippen LogP contribution in [0.15, 0.2) is 93.8 Å². The molecule has 0 N–H and O–H groups in total. The van der Waals surface area contributed by atoms with Gasteiger partial charge in [0.05, 0.1) is 27.7 Å². The van der Waals surface area contributed by atoms with Crippen LogP contribution in [0.2, 0.25) is 0 Å². The van der Waals surface area contributed by atoms with Crippen LogP contribution in [-0.4, -0.2) is 14.5 Å². The Bertz CT molecular complexity index is 2740. The summed E-state index contributed by atoms with van der Waals surface area (Å²) in [6, 6.07) is 30.0. The van der Waals surface area contributed by atoms with E-state index in [0.29, 0.717) is 56.1 Å². The predicted molar refractivity (Wildman–Crippen MR) is 203 cm³/mol. The highest BCUT2D eigenvalue weighted by Gasteiger charge is 2.29. The highest BCUT2D eigenvalue weighted by molar-refractivity contribution is 6.19. The molecule has 6 nitrogen and oxygen atoms in total. The number of rotatable bonds is 5. The Balaban J connectivity index is 1.52. The minimum absolute atomic E-state index is 0.0836. The maximum Gasteiger partial charge on any atom is 0.200 e. The van der Waals surface area contributed by atoms with Crippen molar-refractivity contribution in [2.24, 2.45) is 0 Å². The highest BCUT2D eigenvalue weighted by Crippen LogP contribution is 2.45. The van der Waals surface area contributed by atoms with Gasteiger partial charge in [-0.1, -0.05) is 103 Å². The second kappa shape index (κ2) is 11.5. The molecule has 0 amide bonds. The van der Waals surface area contributed by atoms with Gasteiger partial charge in [0, 0.05) is 21.0 Å². The summed E-state index contributed by atoms with van der Waals surface area (Å²) >= 11 is 0. The quantitative estimate of drug-likeness (QED) is 0.184. The van der Waals surface area contributed by atoms with Crippen LogP contribution in [0.1, 0.15) is 92.6 Å². The van der Waals surface area contributed by atoms with Crippen molar-refractivity contribution in [1.82, 2.24) is 14.5 Å². The van der Waals surface area contributed by atoms with Crippen LogP contribution in [-0.2, 0) is 5.41 Å². The molecule has 0 aliphatic heterocycles. The lowest BCUT2D eigenvalue weighted by Gasteiger charge is -2.24. The molecule has 0 saturated heterocycles. The van der Waals surface area contributed by atoms with E-state index in [9.17, 15) is 5.26 Å². The van der Waals surface area contributed by atoms with Crippen molar-refractivity contribution in [2.75, 3.05) is 0 Å². The van der Waals surface area contributed by atoms with Gasteiger partial charge in [-0.15, -0.1) is 0 Å². The van der Waals surface area contributed by atoms with Gasteiger partial charge in [-0.05, 0) is 70.8 Å². The van der Waals surface area contributed by atoms with Crippen LogP contribution < -0.4 is 0 Å². The zero-order chi connectivity index (χ0) is 37.6. The lowest BCUT2D eigenvalue weighted by atomic mass is 9.88. The lowest BCUT2D eigenvalue weighted by molar-refractivity contribution is 0.410. The van der Waals surface area contributed by atoms with E-state index in [2.05, 4.69) is 62.6 Å². The molecular formula is C44H40N4O2. The average molecular weight is 660 g/mol. The monoisotopic (exact) mass is 659 g/mol. The molecule has 8 aromatic rings. The van der Waals surface area contributed by atoms with Gasteiger partial charge in [0.1, 0.15) is 34.1 Å². The molecule has 8 rings (SSSR count). The molecule has 0 aliphatic carbocycles. The molecule has 3 aromatic heterocycles. The van der Waals surface area contributed by atoms with Crippen molar-refractivity contribution in [2.45, 2.75) is 72.6 Å². The smallest absolute Gasteiger partial charge is 0.200 e. The average Bonchev–Trinajstić information content (AvgIpc) is 3.84. The molecule has 0 radical (unpaired) electrons. The summed E-state index contributed by atoms with van der Waals surface area (Å²) < 4.78 is 40.9. The molecule has 5 aromatic carbocycles. The summed E-state index contributed by atoms with van der Waals surface area (Å²) in [5.74, 6) is 1.26. The first kappa shape index (κ1) is 28.2. The number of oxazole rings is 1. The molecule has 3 heterocycles. The highest BCUT2D eigenvalue weighted by atomic mass is 16.4. The summed E-state index contributed by atoms with van der Waals surface area (Å²) in [5.41, 5.74) is 9.31. The standard InChI is InChI=1S/C44H40N4O2/c1-24(2)32-20-28(27-15-10-9-11-16-27)21-33(25(3)4)39(32)48-38-26(5)14-12-19-34(38)46-42(48)31-18-13-17-30-36-35(49-41(30)31)22-29(23-45)40-37(36)47-43(50-40)44(6,7)8/h9-22,24-25H,1-8H3/i5D3. The molecule has 0 atom stereocenters. The fourth-order valence-corrected chi connectivity index (χ4v) is 7.07. The molecule has 6 heteroatoms. The zero-order valence-electron chi connectivity index (χ0n) is 32.3. The van der Waals surface area contributed by atoms with Crippen LogP contribution in [0.5, 0.6) is 0 Å². The van der Waals surface area contributed by atoms with Crippen molar-refractivity contribution in [1.29, 1.82) is 5.26 Å². The van der Waals surface area contributed by atoms with Gasteiger partial charge in [0.25, 0.3) is 0 Å². The summed E-state index contributed by atoms with van der Waals surface area (Å²) in [5, 5.41) is 11.7. The first-order valence-electron chi connectivity index (χ1n) is 18.6. The molecule has 0 unspecified atom stereocenters.